The number of nitrogens with one attached hydrogen (secondary N) is 1. The topological polar surface area (TPSA) is 84.9 Å². The molecule has 1 N–H and O–H groups in total. The van der Waals surface area contributed by atoms with Crippen molar-refractivity contribution < 1.29 is 28.2 Å². The normalized spacial score (nSPS) is 14.2. The van der Waals surface area contributed by atoms with Crippen LogP contribution in [0.4, 0.5) is 14.9 Å². The molecule has 0 saturated carbocycles. The van der Waals surface area contributed by atoms with Crippen molar-refractivity contribution in [3.63, 3.8) is 0 Å². The first-order valence-electron chi connectivity index (χ1n) is 13.6. The van der Waals surface area contributed by atoms with Crippen LogP contribution in [0.25, 0.3) is 16.8 Å². The molecule has 4 amide bonds. The molecule has 218 valence electrons. The molecular weight excluding hydrogens is 583 g/mol. The van der Waals surface area contributed by atoms with Crippen LogP contribution in [0.1, 0.15) is 16.7 Å². The van der Waals surface area contributed by atoms with Gasteiger partial charge in [0.25, 0.3) is 11.8 Å². The van der Waals surface area contributed by atoms with E-state index < -0.39 is 17.8 Å². The minimum absolute atomic E-state index is 0.131. The van der Waals surface area contributed by atoms with Crippen LogP contribution in [0.5, 0.6) is 11.5 Å². The number of barbiturate groups is 1. The number of halogens is 2. The predicted molar refractivity (Wildman–Crippen MR) is 166 cm³/mol. The zero-order valence-corrected chi connectivity index (χ0v) is 23.9. The first-order valence-corrected chi connectivity index (χ1v) is 14.0. The molecule has 5 aromatic rings. The summed E-state index contributed by atoms with van der Waals surface area (Å²) in [6, 6.07) is 29.8. The molecule has 5 aromatic carbocycles. The molecule has 1 saturated heterocycles. The average Bonchev–Trinajstić information content (AvgIpc) is 3.03. The Morgan fingerprint density at radius 3 is 2.14 bits per heavy atom. The van der Waals surface area contributed by atoms with Crippen molar-refractivity contribution in [3.8, 4) is 11.5 Å². The maximum absolute atomic E-state index is 13.7. The van der Waals surface area contributed by atoms with E-state index in [4.69, 9.17) is 21.1 Å². The van der Waals surface area contributed by atoms with Crippen LogP contribution in [0.15, 0.2) is 115 Å². The van der Waals surface area contributed by atoms with Gasteiger partial charge in [-0.1, -0.05) is 66.2 Å². The van der Waals surface area contributed by atoms with Crippen LogP contribution in [0.3, 0.4) is 0 Å². The molecule has 0 spiro atoms. The number of benzene rings is 5. The van der Waals surface area contributed by atoms with Crippen LogP contribution >= 0.6 is 11.6 Å². The van der Waals surface area contributed by atoms with Gasteiger partial charge in [-0.3, -0.25) is 14.9 Å². The zero-order chi connectivity index (χ0) is 30.6. The van der Waals surface area contributed by atoms with Crippen molar-refractivity contribution in [2.24, 2.45) is 0 Å². The summed E-state index contributed by atoms with van der Waals surface area (Å²) in [6.07, 6.45) is 1.43. The predicted octanol–water partition coefficient (Wildman–Crippen LogP) is 7.46. The van der Waals surface area contributed by atoms with Crippen LogP contribution in [-0.4, -0.2) is 17.8 Å². The summed E-state index contributed by atoms with van der Waals surface area (Å²) in [5, 5.41) is 4.49. The van der Waals surface area contributed by atoms with Gasteiger partial charge in [-0.2, -0.15) is 0 Å². The highest BCUT2D eigenvalue weighted by Gasteiger charge is 2.37. The SMILES string of the molecule is O=C1NC(=O)N(c2ccc(OCc3ccc(Cl)cc3)cc2)C(=O)C1=Cc1c(OCc2ccc(F)cc2)ccc2ccccc12. The fourth-order valence-corrected chi connectivity index (χ4v) is 4.89. The summed E-state index contributed by atoms with van der Waals surface area (Å²) in [6.45, 7) is 0.434. The number of imide groups is 2. The van der Waals surface area contributed by atoms with Gasteiger partial charge in [0, 0.05) is 10.6 Å². The minimum Gasteiger partial charge on any atom is -0.489 e. The Kier molecular flexibility index (Phi) is 8.08. The summed E-state index contributed by atoms with van der Waals surface area (Å²) >= 11 is 5.94. The largest absolute Gasteiger partial charge is 0.489 e. The second kappa shape index (κ2) is 12.4. The maximum atomic E-state index is 13.7. The van der Waals surface area contributed by atoms with Crippen molar-refractivity contribution in [2.75, 3.05) is 4.90 Å². The standard InChI is InChI=1S/C35H24ClFN2O5/c36-25-10-5-22(6-11-25)20-43-28-16-14-27(15-17-28)39-34(41)31(33(40)38-35(39)42)19-30-29-4-2-1-3-24(29)9-18-32(30)44-21-23-7-12-26(37)13-8-23/h1-19H,20-21H2,(H,38,40,42). The third-order valence-corrected chi connectivity index (χ3v) is 7.29. The number of anilines is 1. The molecule has 44 heavy (non-hydrogen) atoms. The van der Waals surface area contributed by atoms with E-state index >= 15 is 0 Å². The highest BCUT2D eigenvalue weighted by Crippen LogP contribution is 2.33. The number of amides is 4. The molecule has 0 atom stereocenters. The second-order valence-corrected chi connectivity index (χ2v) is 10.4. The third-order valence-electron chi connectivity index (χ3n) is 7.04. The molecule has 1 aliphatic heterocycles. The van der Waals surface area contributed by atoms with Crippen molar-refractivity contribution in [2.45, 2.75) is 13.2 Å². The fraction of sp³-hybridized carbons (Fsp3) is 0.0571. The highest BCUT2D eigenvalue weighted by molar-refractivity contribution is 6.39. The monoisotopic (exact) mass is 606 g/mol. The maximum Gasteiger partial charge on any atom is 0.335 e. The number of urea groups is 1. The van der Waals surface area contributed by atoms with Crippen LogP contribution < -0.4 is 19.7 Å². The van der Waals surface area contributed by atoms with Crippen LogP contribution in [-0.2, 0) is 22.8 Å². The number of carbonyl (C=O) groups is 3. The fourth-order valence-electron chi connectivity index (χ4n) is 4.77. The Labute approximate surface area is 257 Å². The lowest BCUT2D eigenvalue weighted by Gasteiger charge is -2.26. The van der Waals surface area contributed by atoms with Gasteiger partial charge in [0.1, 0.15) is 36.1 Å². The molecule has 6 rings (SSSR count). The van der Waals surface area contributed by atoms with E-state index in [2.05, 4.69) is 5.32 Å². The molecule has 0 unspecified atom stereocenters. The van der Waals surface area contributed by atoms with Gasteiger partial charge in [-0.15, -0.1) is 0 Å². The van der Waals surface area contributed by atoms with Gasteiger partial charge >= 0.3 is 6.03 Å². The van der Waals surface area contributed by atoms with Gasteiger partial charge in [0.15, 0.2) is 0 Å². The van der Waals surface area contributed by atoms with E-state index in [1.165, 1.54) is 18.2 Å². The molecule has 0 aromatic heterocycles. The Morgan fingerprint density at radius 2 is 1.41 bits per heavy atom. The van der Waals surface area contributed by atoms with Crippen molar-refractivity contribution in [1.82, 2.24) is 5.32 Å². The minimum atomic E-state index is -0.863. The van der Waals surface area contributed by atoms with Crippen molar-refractivity contribution in [3.05, 3.63) is 142 Å². The lowest BCUT2D eigenvalue weighted by atomic mass is 9.99. The lowest BCUT2D eigenvalue weighted by molar-refractivity contribution is -0.122. The highest BCUT2D eigenvalue weighted by atomic mass is 35.5. The number of rotatable bonds is 8. The average molecular weight is 607 g/mol. The Balaban J connectivity index is 1.28. The summed E-state index contributed by atoms with van der Waals surface area (Å²) in [5.74, 6) is -1.03. The summed E-state index contributed by atoms with van der Waals surface area (Å²) in [4.78, 5) is 40.4. The molecule has 1 aliphatic rings. The smallest absolute Gasteiger partial charge is 0.335 e. The number of nitrogens with zero attached hydrogens (tertiary/aromatic N) is 1. The van der Waals surface area contributed by atoms with Gasteiger partial charge in [0.2, 0.25) is 0 Å². The molecular formula is C35H24ClFN2O5. The first kappa shape index (κ1) is 28.6. The van der Waals surface area contributed by atoms with Gasteiger partial charge < -0.3 is 9.47 Å². The molecule has 1 fully saturated rings. The Bertz CT molecular complexity index is 1910. The quantitative estimate of drug-likeness (QED) is 0.146. The van der Waals surface area contributed by atoms with Crippen molar-refractivity contribution >= 4 is 52.0 Å². The van der Waals surface area contributed by atoms with Crippen molar-refractivity contribution in [1.29, 1.82) is 0 Å². The van der Waals surface area contributed by atoms with E-state index in [0.717, 1.165) is 26.8 Å². The van der Waals surface area contributed by atoms with E-state index in [-0.39, 0.29) is 23.7 Å². The second-order valence-electron chi connectivity index (χ2n) is 9.98. The van der Waals surface area contributed by atoms with Gasteiger partial charge in [-0.25, -0.2) is 14.1 Å². The van der Waals surface area contributed by atoms with Gasteiger partial charge in [-0.05, 0) is 82.6 Å². The molecule has 7 nitrogen and oxygen atoms in total. The first-order chi connectivity index (χ1) is 21.4. The molecule has 0 radical (unpaired) electrons. The summed E-state index contributed by atoms with van der Waals surface area (Å²) in [7, 11) is 0. The summed E-state index contributed by atoms with van der Waals surface area (Å²) < 4.78 is 25.3. The zero-order valence-electron chi connectivity index (χ0n) is 23.1. The van der Waals surface area contributed by atoms with E-state index in [1.807, 2.05) is 42.5 Å². The Hall–Kier alpha value is -5.47. The number of carbonyl (C=O) groups excluding carboxylic acids is 3. The molecule has 9 heteroatoms. The molecule has 0 bridgehead atoms. The number of ether oxygens (including phenoxy) is 2. The van der Waals surface area contributed by atoms with Crippen LogP contribution in [0.2, 0.25) is 5.02 Å². The van der Waals surface area contributed by atoms with E-state index in [9.17, 15) is 18.8 Å². The van der Waals surface area contributed by atoms with Crippen LogP contribution in [0, 0.1) is 5.82 Å². The number of fused-ring (bicyclic) bond motifs is 1. The molecule has 0 aliphatic carbocycles. The number of hydrogen-bond acceptors (Lipinski definition) is 5. The summed E-state index contributed by atoms with van der Waals surface area (Å²) in [5.41, 5.74) is 2.17. The Morgan fingerprint density at radius 1 is 0.750 bits per heavy atom. The lowest BCUT2D eigenvalue weighted by Crippen LogP contribution is -2.54. The molecule has 1 heterocycles. The van der Waals surface area contributed by atoms with E-state index in [1.54, 1.807) is 54.6 Å². The third kappa shape index (κ3) is 6.16. The van der Waals surface area contributed by atoms with E-state index in [0.29, 0.717) is 28.7 Å². The number of hydrogen-bond donors (Lipinski definition) is 1. The van der Waals surface area contributed by atoms with Gasteiger partial charge in [0.05, 0.1) is 5.69 Å².